The Kier molecular flexibility index (Phi) is 8.98. The molecule has 5 aliphatic carbocycles. The predicted octanol–water partition coefficient (Wildman–Crippen LogP) is 9.70. The van der Waals surface area contributed by atoms with E-state index >= 15 is 0 Å². The lowest BCUT2D eigenvalue weighted by molar-refractivity contribution is 0.266. The van der Waals surface area contributed by atoms with E-state index in [1.54, 1.807) is 22.3 Å². The van der Waals surface area contributed by atoms with Crippen LogP contribution in [0.15, 0.2) is 88.4 Å². The van der Waals surface area contributed by atoms with Crippen molar-refractivity contribution < 1.29 is 0 Å². The summed E-state index contributed by atoms with van der Waals surface area (Å²) in [5.74, 6) is 2.38. The number of rotatable bonds is 5. The van der Waals surface area contributed by atoms with Gasteiger partial charge in [0.25, 0.3) is 0 Å². The molecule has 7 aliphatic rings. The molecule has 3 heteroatoms. The van der Waals surface area contributed by atoms with E-state index < -0.39 is 0 Å². The SMILES string of the molecule is CC1CC(c2cc(C3CC(C4=C=C=CCC4)CC(C4=CCCCC4)N3)cc(C3CC4CCCCC4=C4C=CC=CC43)c2)NC(C)N1. The molecule has 3 N–H and O–H groups in total. The minimum Gasteiger partial charge on any atom is -0.303 e. The molecular weight excluding hydrogens is 558 g/mol. The van der Waals surface area contributed by atoms with E-state index in [1.165, 1.54) is 80.9 Å². The summed E-state index contributed by atoms with van der Waals surface area (Å²) < 4.78 is 0. The molecule has 2 heterocycles. The van der Waals surface area contributed by atoms with Crippen LogP contribution in [0.3, 0.4) is 0 Å². The maximum Gasteiger partial charge on any atom is 0.0549 e. The molecule has 0 aromatic heterocycles. The minimum absolute atomic E-state index is 0.319. The Morgan fingerprint density at radius 1 is 0.717 bits per heavy atom. The third-order valence-corrected chi connectivity index (χ3v) is 12.6. The fraction of sp³-hybridized carbons (Fsp3) is 0.581. The molecule has 2 saturated heterocycles. The first-order valence-electron chi connectivity index (χ1n) is 19.0. The topological polar surface area (TPSA) is 36.1 Å². The molecule has 1 aromatic carbocycles. The van der Waals surface area contributed by atoms with Crippen molar-refractivity contribution in [1.29, 1.82) is 0 Å². The first-order valence-corrected chi connectivity index (χ1v) is 19.0. The molecule has 0 amide bonds. The first-order chi connectivity index (χ1) is 22.6. The Bertz CT molecular complexity index is 1530. The van der Waals surface area contributed by atoms with E-state index in [4.69, 9.17) is 0 Å². The van der Waals surface area contributed by atoms with Gasteiger partial charge in [-0.15, -0.1) is 0 Å². The molecule has 3 nitrogen and oxygen atoms in total. The average molecular weight is 614 g/mol. The van der Waals surface area contributed by atoms with Crippen molar-refractivity contribution in [2.45, 2.75) is 140 Å². The van der Waals surface area contributed by atoms with Crippen molar-refractivity contribution in [2.75, 3.05) is 0 Å². The molecule has 9 unspecified atom stereocenters. The molecule has 1 aromatic rings. The average Bonchev–Trinajstić information content (AvgIpc) is 3.11. The highest BCUT2D eigenvalue weighted by Gasteiger charge is 2.39. The van der Waals surface area contributed by atoms with Crippen LogP contribution < -0.4 is 16.0 Å². The van der Waals surface area contributed by atoms with Crippen LogP contribution in [0.2, 0.25) is 0 Å². The fourth-order valence-electron chi connectivity index (χ4n) is 10.4. The van der Waals surface area contributed by atoms with Crippen molar-refractivity contribution in [3.8, 4) is 0 Å². The smallest absolute Gasteiger partial charge is 0.0549 e. The zero-order chi connectivity index (χ0) is 31.0. The van der Waals surface area contributed by atoms with Gasteiger partial charge in [0.1, 0.15) is 0 Å². The molecule has 2 aliphatic heterocycles. The number of allylic oxidation sites excluding steroid dienone is 9. The molecule has 0 spiro atoms. The largest absolute Gasteiger partial charge is 0.303 e. The first kappa shape index (κ1) is 30.7. The Balaban J connectivity index is 1.20. The number of fused-ring (bicyclic) bond motifs is 2. The van der Waals surface area contributed by atoms with Crippen LogP contribution in [0.4, 0.5) is 0 Å². The molecule has 0 radical (unpaired) electrons. The van der Waals surface area contributed by atoms with Crippen molar-refractivity contribution in [1.82, 2.24) is 16.0 Å². The van der Waals surface area contributed by atoms with Gasteiger partial charge in [-0.2, -0.15) is 0 Å². The van der Waals surface area contributed by atoms with Gasteiger partial charge >= 0.3 is 0 Å². The summed E-state index contributed by atoms with van der Waals surface area (Å²) in [5.41, 5.74) is 18.2. The van der Waals surface area contributed by atoms with Crippen molar-refractivity contribution in [3.05, 3.63) is 105 Å². The fourth-order valence-corrected chi connectivity index (χ4v) is 10.4. The van der Waals surface area contributed by atoms with E-state index in [1.807, 2.05) is 0 Å². The van der Waals surface area contributed by atoms with E-state index in [-0.39, 0.29) is 0 Å². The van der Waals surface area contributed by atoms with Gasteiger partial charge in [-0.25, -0.2) is 0 Å². The number of benzene rings is 1. The van der Waals surface area contributed by atoms with Crippen molar-refractivity contribution >= 4 is 0 Å². The molecule has 1 saturated carbocycles. The van der Waals surface area contributed by atoms with Gasteiger partial charge in [-0.1, -0.05) is 77.6 Å². The molecule has 242 valence electrons. The van der Waals surface area contributed by atoms with Gasteiger partial charge in [0.2, 0.25) is 0 Å². The van der Waals surface area contributed by atoms with E-state index in [0.29, 0.717) is 48.1 Å². The van der Waals surface area contributed by atoms with Gasteiger partial charge in [0.05, 0.1) is 6.17 Å². The number of nitrogens with one attached hydrogen (secondary N) is 3. The third-order valence-electron chi connectivity index (χ3n) is 12.6. The number of hydrogen-bond acceptors (Lipinski definition) is 3. The lowest BCUT2D eigenvalue weighted by atomic mass is 9.63. The normalized spacial score (nSPS) is 37.4. The highest BCUT2D eigenvalue weighted by molar-refractivity contribution is 5.46. The van der Waals surface area contributed by atoms with Crippen LogP contribution in [0, 0.1) is 17.8 Å². The summed E-state index contributed by atoms with van der Waals surface area (Å²) in [6, 6.07) is 9.60. The quantitative estimate of drug-likeness (QED) is 0.229. The Hall–Kier alpha value is -2.64. The molecule has 46 heavy (non-hydrogen) atoms. The predicted molar refractivity (Wildman–Crippen MR) is 190 cm³/mol. The molecule has 9 atom stereocenters. The zero-order valence-electron chi connectivity index (χ0n) is 28.3. The van der Waals surface area contributed by atoms with Crippen molar-refractivity contribution in [2.24, 2.45) is 17.8 Å². The minimum atomic E-state index is 0.319. The Morgan fingerprint density at radius 3 is 2.35 bits per heavy atom. The van der Waals surface area contributed by atoms with Crippen LogP contribution in [-0.4, -0.2) is 18.2 Å². The standard InChI is InChI=1S/C43H55N3/c1-28-21-41(45-29(2)44-28)35-22-34(40-25-32-17-9-10-18-37(32)38-19-11-12-20-39(38)40)23-36(24-35)43-27-33(30-13-5-3-6-14-30)26-42(46-43)31-15-7-4-8-16-31/h3,11-12,15,19-20,22-24,28-29,32-33,39-46H,4-5,7-10,13,16-18,21,25-27H2,1-2H3. The summed E-state index contributed by atoms with van der Waals surface area (Å²) in [6.07, 6.45) is 32.4. The lowest BCUT2D eigenvalue weighted by Gasteiger charge is -2.43. The Labute approximate surface area is 278 Å². The lowest BCUT2D eigenvalue weighted by Crippen LogP contribution is -2.52. The second-order valence-electron chi connectivity index (χ2n) is 15.7. The van der Waals surface area contributed by atoms with E-state index in [2.05, 4.69) is 95.9 Å². The summed E-state index contributed by atoms with van der Waals surface area (Å²) in [7, 11) is 0. The molecule has 0 bridgehead atoms. The molecular formula is C43H55N3. The summed E-state index contributed by atoms with van der Waals surface area (Å²) >= 11 is 0. The number of piperidine rings is 1. The zero-order valence-corrected chi connectivity index (χ0v) is 28.3. The summed E-state index contributed by atoms with van der Waals surface area (Å²) in [4.78, 5) is 0. The van der Waals surface area contributed by atoms with Gasteiger partial charge in [0, 0.05) is 30.1 Å². The highest BCUT2D eigenvalue weighted by Crippen LogP contribution is 2.51. The summed E-state index contributed by atoms with van der Waals surface area (Å²) in [5, 5.41) is 11.9. The summed E-state index contributed by atoms with van der Waals surface area (Å²) in [6.45, 7) is 4.64. The van der Waals surface area contributed by atoms with E-state index in [0.717, 1.165) is 31.6 Å². The highest BCUT2D eigenvalue weighted by atomic mass is 15.2. The molecule has 8 rings (SSSR count). The van der Waals surface area contributed by atoms with Gasteiger partial charge in [-0.05, 0) is 149 Å². The van der Waals surface area contributed by atoms with Crippen LogP contribution in [0.1, 0.15) is 138 Å². The molecule has 3 fully saturated rings. The van der Waals surface area contributed by atoms with Gasteiger partial charge < -0.3 is 5.32 Å². The third kappa shape index (κ3) is 6.31. The van der Waals surface area contributed by atoms with Crippen LogP contribution in [0.25, 0.3) is 0 Å². The van der Waals surface area contributed by atoms with Crippen LogP contribution in [-0.2, 0) is 0 Å². The second kappa shape index (κ2) is 13.5. The van der Waals surface area contributed by atoms with Gasteiger partial charge in [0.15, 0.2) is 0 Å². The second-order valence-corrected chi connectivity index (χ2v) is 15.7. The number of hydrogen-bond donors (Lipinski definition) is 3. The van der Waals surface area contributed by atoms with Gasteiger partial charge in [-0.3, -0.25) is 10.6 Å². The van der Waals surface area contributed by atoms with Crippen molar-refractivity contribution in [3.63, 3.8) is 0 Å². The van der Waals surface area contributed by atoms with Crippen LogP contribution >= 0.6 is 0 Å². The maximum atomic E-state index is 4.28. The Morgan fingerprint density at radius 2 is 1.54 bits per heavy atom. The monoisotopic (exact) mass is 613 g/mol. The van der Waals surface area contributed by atoms with Crippen LogP contribution in [0.5, 0.6) is 0 Å². The van der Waals surface area contributed by atoms with E-state index in [9.17, 15) is 0 Å². The maximum absolute atomic E-state index is 4.28.